The molecule has 2 rings (SSSR count). The normalized spacial score (nSPS) is 12.0. The van der Waals surface area contributed by atoms with Gasteiger partial charge in [-0.15, -0.1) is 0 Å². The maximum Gasteiger partial charge on any atom is -0.0100 e. The van der Waals surface area contributed by atoms with Crippen molar-refractivity contribution in [2.45, 2.75) is 46.0 Å². The van der Waals surface area contributed by atoms with Gasteiger partial charge >= 0.3 is 0 Å². The molecule has 0 fully saturated rings. The molecule has 0 nitrogen and oxygen atoms in total. The van der Waals surface area contributed by atoms with E-state index in [1.54, 1.807) is 0 Å². The average molecular weight is 226 g/mol. The van der Waals surface area contributed by atoms with E-state index in [1.807, 2.05) is 0 Å². The smallest absolute Gasteiger partial charge is 0.0100 e. The summed E-state index contributed by atoms with van der Waals surface area (Å²) >= 11 is 0. The molecule has 0 radical (unpaired) electrons. The third kappa shape index (κ3) is 2.09. The van der Waals surface area contributed by atoms with Crippen LogP contribution in [0.3, 0.4) is 0 Å². The fourth-order valence-corrected chi connectivity index (χ4v) is 2.45. The molecule has 0 N–H and O–H groups in total. The summed E-state index contributed by atoms with van der Waals surface area (Å²) in [6.45, 7) is 9.16. The minimum absolute atomic E-state index is 0.256. The van der Waals surface area contributed by atoms with E-state index in [0.29, 0.717) is 0 Å². The van der Waals surface area contributed by atoms with Gasteiger partial charge in [-0.1, -0.05) is 64.1 Å². The minimum Gasteiger partial charge on any atom is -0.0646 e. The first kappa shape index (κ1) is 12.2. The summed E-state index contributed by atoms with van der Waals surface area (Å²) in [7, 11) is 0. The van der Waals surface area contributed by atoms with Gasteiger partial charge < -0.3 is 0 Å². The molecule has 0 aliphatic rings. The molecule has 2 aromatic rings. The first-order valence-electron chi connectivity index (χ1n) is 6.61. The number of hydrogen-bond donors (Lipinski definition) is 0. The summed E-state index contributed by atoms with van der Waals surface area (Å²) in [6.07, 6.45) is 2.27. The van der Waals surface area contributed by atoms with Crippen LogP contribution in [-0.4, -0.2) is 0 Å². The molecule has 0 aromatic heterocycles. The molecule has 0 saturated carbocycles. The topological polar surface area (TPSA) is 0 Å². The predicted octanol–water partition coefficient (Wildman–Crippen LogP) is 5.09. The summed E-state index contributed by atoms with van der Waals surface area (Å²) in [5.74, 6) is 0. The van der Waals surface area contributed by atoms with Gasteiger partial charge in [0.1, 0.15) is 0 Å². The van der Waals surface area contributed by atoms with Gasteiger partial charge in [-0.2, -0.15) is 0 Å². The van der Waals surface area contributed by atoms with E-state index in [-0.39, 0.29) is 5.41 Å². The Labute approximate surface area is 105 Å². The quantitative estimate of drug-likeness (QED) is 0.684. The third-order valence-electron chi connectivity index (χ3n) is 4.01. The molecule has 0 bridgehead atoms. The Morgan fingerprint density at radius 1 is 0.882 bits per heavy atom. The summed E-state index contributed by atoms with van der Waals surface area (Å²) in [5, 5.41) is 2.85. The monoisotopic (exact) mass is 226 g/mol. The summed E-state index contributed by atoms with van der Waals surface area (Å²) in [4.78, 5) is 0. The van der Waals surface area contributed by atoms with Crippen molar-refractivity contribution in [2.75, 3.05) is 0 Å². The van der Waals surface area contributed by atoms with Gasteiger partial charge in [-0.25, -0.2) is 0 Å². The lowest BCUT2D eigenvalue weighted by Crippen LogP contribution is -2.16. The van der Waals surface area contributed by atoms with Crippen LogP contribution in [0.5, 0.6) is 0 Å². The lowest BCUT2D eigenvalue weighted by atomic mass is 9.79. The molecule has 0 heteroatoms. The van der Waals surface area contributed by atoms with Crippen LogP contribution in [0, 0.1) is 0 Å². The van der Waals surface area contributed by atoms with Crippen molar-refractivity contribution < 1.29 is 0 Å². The number of hydrogen-bond acceptors (Lipinski definition) is 0. The van der Waals surface area contributed by atoms with E-state index in [1.165, 1.54) is 28.3 Å². The fourth-order valence-electron chi connectivity index (χ4n) is 2.45. The highest BCUT2D eigenvalue weighted by Crippen LogP contribution is 2.34. The van der Waals surface area contributed by atoms with E-state index in [4.69, 9.17) is 0 Å². The second-order valence-electron chi connectivity index (χ2n) is 5.41. The molecule has 2 aromatic carbocycles. The number of aryl methyl sites for hydroxylation is 1. The van der Waals surface area contributed by atoms with Gasteiger partial charge in [0.25, 0.3) is 0 Å². The summed E-state index contributed by atoms with van der Waals surface area (Å²) < 4.78 is 0. The molecular formula is C17H22. The van der Waals surface area contributed by atoms with E-state index in [9.17, 15) is 0 Å². The molecule has 0 aliphatic carbocycles. The summed E-state index contributed by atoms with van der Waals surface area (Å²) in [6, 6.07) is 13.4. The van der Waals surface area contributed by atoms with E-state index >= 15 is 0 Å². The molecule has 0 heterocycles. The molecule has 17 heavy (non-hydrogen) atoms. The van der Waals surface area contributed by atoms with Crippen LogP contribution in [0.1, 0.15) is 45.2 Å². The second kappa shape index (κ2) is 4.52. The highest BCUT2D eigenvalue weighted by molar-refractivity contribution is 5.89. The second-order valence-corrected chi connectivity index (χ2v) is 5.41. The highest BCUT2D eigenvalue weighted by atomic mass is 14.2. The van der Waals surface area contributed by atoms with Gasteiger partial charge in [0.15, 0.2) is 0 Å². The van der Waals surface area contributed by atoms with Crippen LogP contribution in [0.2, 0.25) is 0 Å². The Balaban J connectivity index is 2.75. The van der Waals surface area contributed by atoms with Gasteiger partial charge in [0, 0.05) is 0 Å². The van der Waals surface area contributed by atoms with Crippen molar-refractivity contribution in [3.8, 4) is 0 Å². The average Bonchev–Trinajstić information content (AvgIpc) is 2.37. The number of benzene rings is 2. The van der Waals surface area contributed by atoms with E-state index in [0.717, 1.165) is 6.42 Å². The van der Waals surface area contributed by atoms with Crippen LogP contribution in [-0.2, 0) is 11.8 Å². The highest BCUT2D eigenvalue weighted by Gasteiger charge is 2.20. The lowest BCUT2D eigenvalue weighted by molar-refractivity contribution is 0.510. The Morgan fingerprint density at radius 2 is 1.53 bits per heavy atom. The van der Waals surface area contributed by atoms with Crippen LogP contribution in [0.4, 0.5) is 0 Å². The molecule has 0 unspecified atom stereocenters. The zero-order chi connectivity index (χ0) is 12.5. The van der Waals surface area contributed by atoms with Crippen LogP contribution in [0.25, 0.3) is 10.8 Å². The molecule has 0 aliphatic heterocycles. The van der Waals surface area contributed by atoms with Crippen molar-refractivity contribution in [1.29, 1.82) is 0 Å². The third-order valence-corrected chi connectivity index (χ3v) is 4.01. The Bertz CT molecular complexity index is 521. The Hall–Kier alpha value is -1.30. The van der Waals surface area contributed by atoms with Gasteiger partial charge in [-0.3, -0.25) is 0 Å². The van der Waals surface area contributed by atoms with Gasteiger partial charge in [0.05, 0.1) is 0 Å². The first-order valence-corrected chi connectivity index (χ1v) is 6.61. The Morgan fingerprint density at radius 3 is 2.12 bits per heavy atom. The van der Waals surface area contributed by atoms with Crippen molar-refractivity contribution in [3.63, 3.8) is 0 Å². The zero-order valence-electron chi connectivity index (χ0n) is 11.4. The minimum atomic E-state index is 0.256. The predicted molar refractivity (Wildman–Crippen MR) is 76.6 cm³/mol. The Kier molecular flexibility index (Phi) is 3.24. The first-order chi connectivity index (χ1) is 8.10. The molecule has 0 atom stereocenters. The largest absolute Gasteiger partial charge is 0.0646 e. The zero-order valence-corrected chi connectivity index (χ0v) is 11.4. The lowest BCUT2D eigenvalue weighted by Gasteiger charge is -2.26. The molecule has 0 saturated heterocycles. The maximum absolute atomic E-state index is 2.33. The maximum atomic E-state index is 2.33. The number of fused-ring (bicyclic) bond motifs is 1. The van der Waals surface area contributed by atoms with Crippen LogP contribution in [0.15, 0.2) is 36.4 Å². The van der Waals surface area contributed by atoms with Crippen molar-refractivity contribution >= 4 is 10.8 Å². The molecule has 0 amide bonds. The van der Waals surface area contributed by atoms with E-state index < -0.39 is 0 Å². The van der Waals surface area contributed by atoms with Gasteiger partial charge in [0.2, 0.25) is 0 Å². The van der Waals surface area contributed by atoms with Crippen molar-refractivity contribution in [3.05, 3.63) is 47.5 Å². The van der Waals surface area contributed by atoms with E-state index in [2.05, 4.69) is 64.1 Å². The SMILES string of the molecule is CCc1ccc(C(C)(C)CC)c2ccccc12. The van der Waals surface area contributed by atoms with Gasteiger partial charge in [-0.05, 0) is 40.2 Å². The molecule has 90 valence electrons. The van der Waals surface area contributed by atoms with Crippen molar-refractivity contribution in [2.24, 2.45) is 0 Å². The summed E-state index contributed by atoms with van der Waals surface area (Å²) in [5.41, 5.74) is 3.19. The molecular weight excluding hydrogens is 204 g/mol. The standard InChI is InChI=1S/C17H22/c1-5-13-11-12-16(17(3,4)6-2)15-10-8-7-9-14(13)15/h7-12H,5-6H2,1-4H3. The van der Waals surface area contributed by atoms with Crippen LogP contribution >= 0.6 is 0 Å². The molecule has 0 spiro atoms. The van der Waals surface area contributed by atoms with Crippen LogP contribution < -0.4 is 0 Å². The van der Waals surface area contributed by atoms with Crippen molar-refractivity contribution in [1.82, 2.24) is 0 Å². The fraction of sp³-hybridized carbons (Fsp3) is 0.412. The number of rotatable bonds is 3.